The first-order valence-corrected chi connectivity index (χ1v) is 8.40. The maximum Gasteiger partial charge on any atom is 0.317 e. The van der Waals surface area contributed by atoms with Crippen molar-refractivity contribution < 1.29 is 14.7 Å². The minimum Gasteiger partial charge on any atom is -0.480 e. The molecule has 0 aliphatic rings. The Morgan fingerprint density at radius 2 is 1.48 bits per heavy atom. The molecule has 2 aromatic carbocycles. The van der Waals surface area contributed by atoms with Crippen LogP contribution in [-0.2, 0) is 9.59 Å². The Hall–Kier alpha value is -2.66. The molecule has 5 nitrogen and oxygen atoms in total. The van der Waals surface area contributed by atoms with E-state index in [-0.39, 0.29) is 18.4 Å². The first kappa shape index (κ1) is 18.7. The van der Waals surface area contributed by atoms with Crippen molar-refractivity contribution in [3.63, 3.8) is 0 Å². The fourth-order valence-electron chi connectivity index (χ4n) is 2.72. The highest BCUT2D eigenvalue weighted by Gasteiger charge is 2.16. The third kappa shape index (κ3) is 6.04. The molecule has 1 unspecified atom stereocenters. The molecule has 0 bridgehead atoms. The molecule has 0 saturated heterocycles. The minimum atomic E-state index is -0.979. The summed E-state index contributed by atoms with van der Waals surface area (Å²) >= 11 is 0. The molecule has 0 aromatic heterocycles. The zero-order chi connectivity index (χ0) is 18.1. The third-order valence-electron chi connectivity index (χ3n) is 4.09. The van der Waals surface area contributed by atoms with Crippen LogP contribution in [0.25, 0.3) is 0 Å². The van der Waals surface area contributed by atoms with Crippen molar-refractivity contribution >= 4 is 11.9 Å². The number of carboxylic acid groups (broad SMARTS) is 1. The fourth-order valence-corrected chi connectivity index (χ4v) is 2.72. The molecule has 5 heteroatoms. The van der Waals surface area contributed by atoms with Crippen molar-refractivity contribution in [3.8, 4) is 0 Å². The summed E-state index contributed by atoms with van der Waals surface area (Å²) in [5.41, 5.74) is 2.42. The predicted octanol–water partition coefficient (Wildman–Crippen LogP) is 2.39. The van der Waals surface area contributed by atoms with Gasteiger partial charge in [-0.25, -0.2) is 0 Å². The van der Waals surface area contributed by atoms with E-state index < -0.39 is 12.0 Å². The zero-order valence-corrected chi connectivity index (χ0v) is 14.3. The molecule has 2 aromatic rings. The van der Waals surface area contributed by atoms with Gasteiger partial charge in [0, 0.05) is 12.5 Å². The smallest absolute Gasteiger partial charge is 0.317 e. The Balaban J connectivity index is 1.95. The van der Waals surface area contributed by atoms with E-state index in [2.05, 4.69) is 34.9 Å². The Morgan fingerprint density at radius 1 is 0.960 bits per heavy atom. The quantitative estimate of drug-likeness (QED) is 0.655. The molecule has 0 heterocycles. The second-order valence-corrected chi connectivity index (χ2v) is 5.95. The third-order valence-corrected chi connectivity index (χ3v) is 4.09. The summed E-state index contributed by atoms with van der Waals surface area (Å²) < 4.78 is 0. The average Bonchev–Trinajstić information content (AvgIpc) is 2.64. The van der Waals surface area contributed by atoms with E-state index in [4.69, 9.17) is 5.11 Å². The lowest BCUT2D eigenvalue weighted by atomic mass is 9.88. The van der Waals surface area contributed by atoms with Crippen molar-refractivity contribution in [1.29, 1.82) is 0 Å². The number of rotatable bonds is 9. The Morgan fingerprint density at radius 3 is 1.96 bits per heavy atom. The van der Waals surface area contributed by atoms with Crippen molar-refractivity contribution in [2.75, 3.05) is 13.1 Å². The maximum atomic E-state index is 12.0. The van der Waals surface area contributed by atoms with E-state index in [9.17, 15) is 9.59 Å². The van der Waals surface area contributed by atoms with Crippen LogP contribution in [0.1, 0.15) is 30.4 Å². The van der Waals surface area contributed by atoms with Gasteiger partial charge in [-0.15, -0.1) is 0 Å². The van der Waals surface area contributed by atoms with E-state index in [0.717, 1.165) is 6.42 Å². The molecule has 1 atom stereocenters. The molecule has 0 spiro atoms. The first-order valence-electron chi connectivity index (χ1n) is 8.40. The highest BCUT2D eigenvalue weighted by molar-refractivity contribution is 5.82. The summed E-state index contributed by atoms with van der Waals surface area (Å²) in [6.45, 7) is 1.95. The van der Waals surface area contributed by atoms with Crippen LogP contribution in [0.5, 0.6) is 0 Å². The van der Waals surface area contributed by atoms with E-state index >= 15 is 0 Å². The highest BCUT2D eigenvalue weighted by Crippen LogP contribution is 2.27. The molecule has 1 amide bonds. The van der Waals surface area contributed by atoms with Crippen molar-refractivity contribution in [2.45, 2.75) is 25.3 Å². The largest absolute Gasteiger partial charge is 0.480 e. The van der Waals surface area contributed by atoms with Gasteiger partial charge in [0.15, 0.2) is 0 Å². The molecule has 0 aliphatic heterocycles. The van der Waals surface area contributed by atoms with Gasteiger partial charge in [-0.3, -0.25) is 14.9 Å². The standard InChI is InChI=1S/C20H24N2O3/c1-15(22-14-19(23)24)20(25)21-13-12-18(16-8-4-2-5-9-16)17-10-6-3-7-11-17/h2-11,15,18,22H,12-14H2,1H3,(H,21,25)(H,23,24). The molecular formula is C20H24N2O3. The molecule has 3 N–H and O–H groups in total. The number of carboxylic acids is 1. The monoisotopic (exact) mass is 340 g/mol. The van der Waals surface area contributed by atoms with Crippen LogP contribution in [0.4, 0.5) is 0 Å². The summed E-state index contributed by atoms with van der Waals surface area (Å²) in [4.78, 5) is 22.6. The molecule has 2 rings (SSSR count). The maximum absolute atomic E-state index is 12.0. The van der Waals surface area contributed by atoms with Crippen molar-refractivity contribution in [2.24, 2.45) is 0 Å². The summed E-state index contributed by atoms with van der Waals surface area (Å²) in [5, 5.41) is 14.2. The first-order chi connectivity index (χ1) is 12.1. The predicted molar refractivity (Wildman–Crippen MR) is 97.5 cm³/mol. The summed E-state index contributed by atoms with van der Waals surface area (Å²) in [5.74, 6) is -0.973. The number of carbonyl (C=O) groups is 2. The van der Waals surface area contributed by atoms with Gasteiger partial charge in [0.1, 0.15) is 0 Å². The highest BCUT2D eigenvalue weighted by atomic mass is 16.4. The molecule has 0 aliphatic carbocycles. The fraction of sp³-hybridized carbons (Fsp3) is 0.300. The topological polar surface area (TPSA) is 78.4 Å². The Bertz CT molecular complexity index is 634. The minimum absolute atomic E-state index is 0.193. The SMILES string of the molecule is CC(NCC(=O)O)C(=O)NCCC(c1ccccc1)c1ccccc1. The van der Waals surface area contributed by atoms with Gasteiger partial charge in [-0.05, 0) is 24.5 Å². The number of carbonyl (C=O) groups excluding carboxylic acids is 1. The van der Waals surface area contributed by atoms with E-state index in [1.54, 1.807) is 6.92 Å². The Labute approximate surface area is 148 Å². The van der Waals surface area contributed by atoms with Crippen LogP contribution in [0.3, 0.4) is 0 Å². The summed E-state index contributed by atoms with van der Waals surface area (Å²) in [6, 6.07) is 19.9. The van der Waals surface area contributed by atoms with Crippen LogP contribution < -0.4 is 10.6 Å². The number of hydrogen-bond donors (Lipinski definition) is 3. The van der Waals surface area contributed by atoms with Gasteiger partial charge in [-0.1, -0.05) is 60.7 Å². The van der Waals surface area contributed by atoms with E-state index in [0.29, 0.717) is 6.54 Å². The van der Waals surface area contributed by atoms with Gasteiger partial charge in [-0.2, -0.15) is 0 Å². The number of hydrogen-bond acceptors (Lipinski definition) is 3. The van der Waals surface area contributed by atoms with E-state index in [1.807, 2.05) is 36.4 Å². The van der Waals surface area contributed by atoms with E-state index in [1.165, 1.54) is 11.1 Å². The van der Waals surface area contributed by atoms with Crippen molar-refractivity contribution in [3.05, 3.63) is 71.8 Å². The number of nitrogens with one attached hydrogen (secondary N) is 2. The molecule has 132 valence electrons. The van der Waals surface area contributed by atoms with Crippen molar-refractivity contribution in [1.82, 2.24) is 10.6 Å². The van der Waals surface area contributed by atoms with Gasteiger partial charge in [0.25, 0.3) is 0 Å². The van der Waals surface area contributed by atoms with Crippen LogP contribution >= 0.6 is 0 Å². The molecule has 0 fully saturated rings. The lowest BCUT2D eigenvalue weighted by Gasteiger charge is -2.19. The lowest BCUT2D eigenvalue weighted by molar-refractivity contribution is -0.136. The molecule has 0 saturated carbocycles. The van der Waals surface area contributed by atoms with Crippen LogP contribution in [0.15, 0.2) is 60.7 Å². The second-order valence-electron chi connectivity index (χ2n) is 5.95. The lowest BCUT2D eigenvalue weighted by Crippen LogP contribution is -2.44. The Kier molecular flexibility index (Phi) is 7.16. The molecule has 25 heavy (non-hydrogen) atoms. The zero-order valence-electron chi connectivity index (χ0n) is 14.3. The van der Waals surface area contributed by atoms with Crippen LogP contribution in [0.2, 0.25) is 0 Å². The summed E-state index contributed by atoms with van der Waals surface area (Å²) in [6.07, 6.45) is 0.769. The van der Waals surface area contributed by atoms with Gasteiger partial charge < -0.3 is 10.4 Å². The van der Waals surface area contributed by atoms with Crippen LogP contribution in [-0.4, -0.2) is 36.1 Å². The molecular weight excluding hydrogens is 316 g/mol. The van der Waals surface area contributed by atoms with Gasteiger partial charge >= 0.3 is 5.97 Å². The number of benzene rings is 2. The second kappa shape index (κ2) is 9.59. The van der Waals surface area contributed by atoms with Gasteiger partial charge in [0.2, 0.25) is 5.91 Å². The number of amides is 1. The van der Waals surface area contributed by atoms with Gasteiger partial charge in [0.05, 0.1) is 12.6 Å². The normalized spacial score (nSPS) is 11.9. The number of aliphatic carboxylic acids is 1. The summed E-state index contributed by atoms with van der Waals surface area (Å²) in [7, 11) is 0. The average molecular weight is 340 g/mol. The molecule has 0 radical (unpaired) electrons. The van der Waals surface area contributed by atoms with Crippen LogP contribution in [0, 0.1) is 0 Å².